The summed E-state index contributed by atoms with van der Waals surface area (Å²) in [5.74, 6) is -2.15. The second-order valence-electron chi connectivity index (χ2n) is 6.35. The van der Waals surface area contributed by atoms with Crippen LogP contribution in [-0.4, -0.2) is 45.7 Å². The SMILES string of the molecule is CC(C)OC(=O)CCC(NC(=O)[C@H](C)NC(=O)OCc1ccccc1)P(O)O. The third kappa shape index (κ3) is 9.64. The molecule has 0 saturated carbocycles. The standard InChI is InChI=1S/C18H27N2O7P/c1-12(2)27-16(21)10-9-15(28(24)25)20-17(22)13(3)19-18(23)26-11-14-7-5-4-6-8-14/h4-8,12-13,15,24-25H,9-11H2,1-3H3,(H,19,23)(H,20,22)/t13-,15?/m0/s1. The van der Waals surface area contributed by atoms with Crippen molar-refractivity contribution in [3.05, 3.63) is 35.9 Å². The number of hydrogen-bond acceptors (Lipinski definition) is 7. The Morgan fingerprint density at radius 1 is 1.07 bits per heavy atom. The first-order chi connectivity index (χ1) is 13.2. The highest BCUT2D eigenvalue weighted by Crippen LogP contribution is 2.32. The molecule has 28 heavy (non-hydrogen) atoms. The van der Waals surface area contributed by atoms with E-state index in [1.165, 1.54) is 6.92 Å². The summed E-state index contributed by atoms with van der Waals surface area (Å²) in [6, 6.07) is 8.08. The van der Waals surface area contributed by atoms with Crippen LogP contribution in [0.1, 0.15) is 39.2 Å². The van der Waals surface area contributed by atoms with Crippen LogP contribution < -0.4 is 10.6 Å². The quantitative estimate of drug-likeness (QED) is 0.339. The molecule has 2 atom stereocenters. The van der Waals surface area contributed by atoms with E-state index in [0.29, 0.717) is 0 Å². The van der Waals surface area contributed by atoms with E-state index in [4.69, 9.17) is 9.47 Å². The van der Waals surface area contributed by atoms with Gasteiger partial charge in [0.2, 0.25) is 5.91 Å². The summed E-state index contributed by atoms with van der Waals surface area (Å²) in [7, 11) is -2.51. The van der Waals surface area contributed by atoms with Gasteiger partial charge in [0.05, 0.1) is 11.9 Å². The number of amides is 2. The number of benzene rings is 1. The van der Waals surface area contributed by atoms with Gasteiger partial charge in [-0.25, -0.2) is 4.79 Å². The van der Waals surface area contributed by atoms with Crippen LogP contribution in [0.5, 0.6) is 0 Å². The molecule has 1 rings (SSSR count). The van der Waals surface area contributed by atoms with Crippen molar-refractivity contribution in [1.82, 2.24) is 10.6 Å². The summed E-state index contributed by atoms with van der Waals surface area (Å²) in [4.78, 5) is 54.5. The molecule has 1 unspecified atom stereocenters. The molecular formula is C18H27N2O7P. The van der Waals surface area contributed by atoms with Crippen molar-refractivity contribution in [1.29, 1.82) is 0 Å². The van der Waals surface area contributed by atoms with Gasteiger partial charge in [-0.05, 0) is 32.8 Å². The predicted molar refractivity (Wildman–Crippen MR) is 103 cm³/mol. The molecule has 4 N–H and O–H groups in total. The lowest BCUT2D eigenvalue weighted by atomic mass is 10.2. The minimum atomic E-state index is -2.51. The normalized spacial score (nSPS) is 13.0. The molecule has 0 aromatic heterocycles. The van der Waals surface area contributed by atoms with Crippen molar-refractivity contribution in [3.63, 3.8) is 0 Å². The summed E-state index contributed by atoms with van der Waals surface area (Å²) in [6.07, 6.45) is -1.14. The third-order valence-electron chi connectivity index (χ3n) is 3.52. The van der Waals surface area contributed by atoms with E-state index in [-0.39, 0.29) is 25.6 Å². The predicted octanol–water partition coefficient (Wildman–Crippen LogP) is 1.77. The maximum Gasteiger partial charge on any atom is 0.408 e. The van der Waals surface area contributed by atoms with E-state index in [1.807, 2.05) is 18.2 Å². The Morgan fingerprint density at radius 2 is 1.71 bits per heavy atom. The largest absolute Gasteiger partial charge is 0.463 e. The minimum Gasteiger partial charge on any atom is -0.463 e. The molecule has 156 valence electrons. The number of ether oxygens (including phenoxy) is 2. The Labute approximate surface area is 165 Å². The van der Waals surface area contributed by atoms with Crippen LogP contribution in [0.3, 0.4) is 0 Å². The molecule has 2 amide bonds. The number of esters is 1. The number of nitrogens with one attached hydrogen (secondary N) is 2. The van der Waals surface area contributed by atoms with E-state index in [9.17, 15) is 24.2 Å². The van der Waals surface area contributed by atoms with Crippen molar-refractivity contribution >= 4 is 26.3 Å². The van der Waals surface area contributed by atoms with Gasteiger partial charge in [0.15, 0.2) is 8.38 Å². The first kappa shape index (κ1) is 23.8. The molecule has 10 heteroatoms. The number of carbonyl (C=O) groups is 3. The smallest absolute Gasteiger partial charge is 0.408 e. The van der Waals surface area contributed by atoms with E-state index in [1.54, 1.807) is 26.0 Å². The molecule has 9 nitrogen and oxygen atoms in total. The molecule has 0 saturated heterocycles. The second-order valence-corrected chi connectivity index (χ2v) is 7.61. The van der Waals surface area contributed by atoms with E-state index < -0.39 is 38.2 Å². The van der Waals surface area contributed by atoms with Crippen LogP contribution >= 0.6 is 8.38 Å². The molecular weight excluding hydrogens is 387 g/mol. The summed E-state index contributed by atoms with van der Waals surface area (Å²) >= 11 is 0. The van der Waals surface area contributed by atoms with Gasteiger partial charge in [-0.2, -0.15) is 0 Å². The second kappa shape index (κ2) is 12.3. The first-order valence-electron chi connectivity index (χ1n) is 8.83. The molecule has 0 spiro atoms. The molecule has 0 heterocycles. The zero-order valence-corrected chi connectivity index (χ0v) is 17.0. The van der Waals surface area contributed by atoms with Crippen molar-refractivity contribution in [2.45, 2.75) is 58.1 Å². The van der Waals surface area contributed by atoms with Gasteiger partial charge in [0.25, 0.3) is 0 Å². The summed E-state index contributed by atoms with van der Waals surface area (Å²) in [5.41, 5.74) is 0.800. The van der Waals surface area contributed by atoms with Gasteiger partial charge in [0.1, 0.15) is 12.6 Å². The van der Waals surface area contributed by atoms with Crippen molar-refractivity contribution in [2.75, 3.05) is 0 Å². The Balaban J connectivity index is 2.44. The fraction of sp³-hybridized carbons (Fsp3) is 0.500. The maximum absolute atomic E-state index is 12.2. The number of carbonyl (C=O) groups excluding carboxylic acids is 3. The maximum atomic E-state index is 12.2. The van der Waals surface area contributed by atoms with Crippen LogP contribution in [-0.2, 0) is 25.7 Å². The fourth-order valence-electron chi connectivity index (χ4n) is 2.12. The summed E-state index contributed by atoms with van der Waals surface area (Å²) < 4.78 is 10.00. The number of alkyl carbamates (subject to hydrolysis) is 1. The Hall–Kier alpha value is -2.22. The minimum absolute atomic E-state index is 0.00116. The average Bonchev–Trinajstić information content (AvgIpc) is 2.63. The van der Waals surface area contributed by atoms with E-state index >= 15 is 0 Å². The molecule has 0 fully saturated rings. The summed E-state index contributed by atoms with van der Waals surface area (Å²) in [5, 5.41) is 4.78. The van der Waals surface area contributed by atoms with Crippen molar-refractivity contribution in [3.8, 4) is 0 Å². The van der Waals surface area contributed by atoms with Crippen LogP contribution in [0.4, 0.5) is 4.79 Å². The van der Waals surface area contributed by atoms with Gasteiger partial charge in [0, 0.05) is 6.42 Å². The lowest BCUT2D eigenvalue weighted by molar-refractivity contribution is -0.147. The molecule has 0 aliphatic heterocycles. The Bertz CT molecular complexity index is 640. The highest BCUT2D eigenvalue weighted by Gasteiger charge is 2.25. The van der Waals surface area contributed by atoms with E-state index in [2.05, 4.69) is 10.6 Å². The van der Waals surface area contributed by atoms with Gasteiger partial charge < -0.3 is 29.9 Å². The van der Waals surface area contributed by atoms with Crippen molar-refractivity contribution in [2.24, 2.45) is 0 Å². The van der Waals surface area contributed by atoms with E-state index in [0.717, 1.165) is 5.56 Å². The van der Waals surface area contributed by atoms with Gasteiger partial charge >= 0.3 is 12.1 Å². The monoisotopic (exact) mass is 414 g/mol. The Kier molecular flexibility index (Phi) is 10.4. The van der Waals surface area contributed by atoms with Crippen LogP contribution in [0.15, 0.2) is 30.3 Å². The highest BCUT2D eigenvalue weighted by molar-refractivity contribution is 7.45. The van der Waals surface area contributed by atoms with Gasteiger partial charge in [-0.15, -0.1) is 0 Å². The Morgan fingerprint density at radius 3 is 2.29 bits per heavy atom. The lowest BCUT2D eigenvalue weighted by Gasteiger charge is -2.22. The first-order valence-corrected chi connectivity index (χ1v) is 10.1. The fourth-order valence-corrected chi connectivity index (χ4v) is 2.72. The number of rotatable bonds is 10. The third-order valence-corrected chi connectivity index (χ3v) is 4.46. The zero-order valence-electron chi connectivity index (χ0n) is 16.1. The molecule has 1 aromatic carbocycles. The highest BCUT2D eigenvalue weighted by atomic mass is 31.2. The molecule has 1 aromatic rings. The number of hydrogen-bond donors (Lipinski definition) is 4. The van der Waals surface area contributed by atoms with Crippen molar-refractivity contribution < 1.29 is 33.6 Å². The van der Waals surface area contributed by atoms with Crippen LogP contribution in [0.25, 0.3) is 0 Å². The average molecular weight is 414 g/mol. The van der Waals surface area contributed by atoms with Crippen LogP contribution in [0.2, 0.25) is 0 Å². The van der Waals surface area contributed by atoms with Gasteiger partial charge in [-0.1, -0.05) is 30.3 Å². The lowest BCUT2D eigenvalue weighted by Crippen LogP contribution is -2.47. The molecule has 0 aliphatic rings. The topological polar surface area (TPSA) is 134 Å². The van der Waals surface area contributed by atoms with Gasteiger partial charge in [-0.3, -0.25) is 9.59 Å². The molecule has 0 bridgehead atoms. The zero-order chi connectivity index (χ0) is 21.1. The summed E-state index contributed by atoms with van der Waals surface area (Å²) in [6.45, 7) is 4.89. The van der Waals surface area contributed by atoms with Crippen LogP contribution in [0, 0.1) is 0 Å². The molecule has 0 aliphatic carbocycles. The molecule has 0 radical (unpaired) electrons.